The maximum atomic E-state index is 12.0. The van der Waals surface area contributed by atoms with E-state index < -0.39 is 17.3 Å². The van der Waals surface area contributed by atoms with Crippen LogP contribution < -0.4 is 5.32 Å². The lowest BCUT2D eigenvalue weighted by Crippen LogP contribution is -2.55. The van der Waals surface area contributed by atoms with Crippen molar-refractivity contribution in [1.29, 1.82) is 0 Å². The Balaban J connectivity index is 2.46. The lowest BCUT2D eigenvalue weighted by molar-refractivity contribution is -0.144. The first-order chi connectivity index (χ1) is 9.68. The van der Waals surface area contributed by atoms with Crippen LogP contribution in [0.4, 0.5) is 4.79 Å². The molecule has 1 heterocycles. The number of ether oxygens (including phenoxy) is 1. The van der Waals surface area contributed by atoms with Gasteiger partial charge < -0.3 is 20.1 Å². The third-order valence-electron chi connectivity index (χ3n) is 3.26. The largest absolute Gasteiger partial charge is 0.444 e. The number of piperidine rings is 1. The maximum absolute atomic E-state index is 12.0. The van der Waals surface area contributed by atoms with Gasteiger partial charge in [-0.3, -0.25) is 4.79 Å². The Hall–Kier alpha value is -0.820. The normalized spacial score (nSPS) is 18.2. The van der Waals surface area contributed by atoms with Gasteiger partial charge in [0, 0.05) is 37.8 Å². The third-order valence-corrected chi connectivity index (χ3v) is 3.82. The molecule has 0 unspecified atom stereocenters. The molecule has 1 fully saturated rings. The zero-order chi connectivity index (χ0) is 16.1. The molecule has 6 nitrogen and oxygen atoms in total. The van der Waals surface area contributed by atoms with Gasteiger partial charge >= 0.3 is 6.09 Å². The molecule has 0 atom stereocenters. The van der Waals surface area contributed by atoms with Crippen molar-refractivity contribution in [2.45, 2.75) is 51.2 Å². The average molecular weight is 365 g/mol. The lowest BCUT2D eigenvalue weighted by Gasteiger charge is -2.37. The number of halogens is 1. The third kappa shape index (κ3) is 5.82. The number of likely N-dealkylation sites (tertiary alicyclic amines) is 1. The van der Waals surface area contributed by atoms with Gasteiger partial charge in [0.1, 0.15) is 11.2 Å². The number of rotatable bonds is 4. The fraction of sp³-hybridized carbons (Fsp3) is 0.857. The summed E-state index contributed by atoms with van der Waals surface area (Å²) in [6.07, 6.45) is 0.870. The Labute approximate surface area is 134 Å². The van der Waals surface area contributed by atoms with E-state index in [1.165, 1.54) is 4.90 Å². The Bertz CT molecular complexity index is 374. The van der Waals surface area contributed by atoms with Crippen LogP contribution in [0.2, 0.25) is 0 Å². The minimum Gasteiger partial charge on any atom is -0.444 e. The first-order valence-electron chi connectivity index (χ1n) is 7.22. The van der Waals surface area contributed by atoms with Crippen LogP contribution in [0.5, 0.6) is 0 Å². The minimum atomic E-state index is -1.38. The topological polar surface area (TPSA) is 78.9 Å². The number of alkyl halides is 1. The molecule has 0 spiro atoms. The van der Waals surface area contributed by atoms with Crippen molar-refractivity contribution in [1.82, 2.24) is 10.2 Å². The van der Waals surface area contributed by atoms with E-state index in [0.717, 1.165) is 11.8 Å². The summed E-state index contributed by atoms with van der Waals surface area (Å²) in [5, 5.41) is 13.9. The summed E-state index contributed by atoms with van der Waals surface area (Å²) in [6, 6.07) is 0. The van der Waals surface area contributed by atoms with Crippen LogP contribution in [0.25, 0.3) is 0 Å². The number of hydrogen-bond acceptors (Lipinski definition) is 4. The number of hydrogen-bond donors (Lipinski definition) is 2. The number of carbonyl (C=O) groups is 2. The van der Waals surface area contributed by atoms with E-state index in [2.05, 4.69) is 21.2 Å². The number of amides is 2. The van der Waals surface area contributed by atoms with Gasteiger partial charge in [0.15, 0.2) is 0 Å². The summed E-state index contributed by atoms with van der Waals surface area (Å²) in [7, 11) is 0. The second-order valence-corrected chi connectivity index (χ2v) is 7.09. The number of nitrogens with one attached hydrogen (secondary N) is 1. The Morgan fingerprint density at radius 3 is 2.38 bits per heavy atom. The van der Waals surface area contributed by atoms with Crippen LogP contribution in [0.15, 0.2) is 0 Å². The summed E-state index contributed by atoms with van der Waals surface area (Å²) in [6.45, 7) is 6.59. The average Bonchev–Trinajstić information content (AvgIpc) is 2.37. The van der Waals surface area contributed by atoms with Gasteiger partial charge in [0.25, 0.3) is 5.91 Å². The molecule has 1 rings (SSSR count). The molecule has 0 bridgehead atoms. The molecule has 2 N–H and O–H groups in total. The number of nitrogens with zero attached hydrogens (tertiary/aromatic N) is 1. The monoisotopic (exact) mass is 364 g/mol. The summed E-state index contributed by atoms with van der Waals surface area (Å²) >= 11 is 3.28. The Morgan fingerprint density at radius 2 is 1.90 bits per heavy atom. The van der Waals surface area contributed by atoms with Crippen LogP contribution in [-0.2, 0) is 9.53 Å². The van der Waals surface area contributed by atoms with Crippen LogP contribution in [0, 0.1) is 0 Å². The minimum absolute atomic E-state index is 0.229. The first-order valence-corrected chi connectivity index (χ1v) is 8.35. The Morgan fingerprint density at radius 1 is 1.33 bits per heavy atom. The van der Waals surface area contributed by atoms with Crippen LogP contribution in [0.1, 0.15) is 40.0 Å². The SMILES string of the molecule is CC(C)(C)OC(=O)N1CCC(O)(C(=O)NCCCBr)CC1. The summed E-state index contributed by atoms with van der Waals surface area (Å²) in [5.41, 5.74) is -1.93. The van der Waals surface area contributed by atoms with Gasteiger partial charge in [-0.05, 0) is 27.2 Å². The zero-order valence-corrected chi connectivity index (χ0v) is 14.5. The van der Waals surface area contributed by atoms with Gasteiger partial charge in [0.2, 0.25) is 0 Å². The molecule has 1 aliphatic rings. The highest BCUT2D eigenvalue weighted by Gasteiger charge is 2.40. The van der Waals surface area contributed by atoms with E-state index in [4.69, 9.17) is 4.74 Å². The lowest BCUT2D eigenvalue weighted by atomic mass is 9.90. The van der Waals surface area contributed by atoms with E-state index >= 15 is 0 Å². The van der Waals surface area contributed by atoms with E-state index in [1.807, 2.05) is 20.8 Å². The van der Waals surface area contributed by atoms with E-state index in [-0.39, 0.29) is 18.7 Å². The highest BCUT2D eigenvalue weighted by Crippen LogP contribution is 2.23. The van der Waals surface area contributed by atoms with Gasteiger partial charge in [-0.1, -0.05) is 15.9 Å². The summed E-state index contributed by atoms with van der Waals surface area (Å²) in [4.78, 5) is 25.4. The molecule has 2 amide bonds. The summed E-state index contributed by atoms with van der Waals surface area (Å²) in [5.74, 6) is -0.354. The van der Waals surface area contributed by atoms with Crippen molar-refractivity contribution in [3.8, 4) is 0 Å². The highest BCUT2D eigenvalue weighted by molar-refractivity contribution is 9.09. The number of carbonyl (C=O) groups excluding carboxylic acids is 2. The molecule has 0 saturated carbocycles. The van der Waals surface area contributed by atoms with Crippen LogP contribution in [0.3, 0.4) is 0 Å². The fourth-order valence-corrected chi connectivity index (χ4v) is 2.33. The molecule has 0 aliphatic carbocycles. The first kappa shape index (κ1) is 18.2. The standard InChI is InChI=1S/C14H25BrN2O4/c1-13(2,3)21-12(19)17-9-5-14(20,6-10-17)11(18)16-8-4-7-15/h20H,4-10H2,1-3H3,(H,16,18). The molecular weight excluding hydrogens is 340 g/mol. The molecule has 1 aliphatic heterocycles. The predicted molar refractivity (Wildman–Crippen MR) is 83.4 cm³/mol. The van der Waals surface area contributed by atoms with E-state index in [9.17, 15) is 14.7 Å². The predicted octanol–water partition coefficient (Wildman–Crippen LogP) is 1.65. The van der Waals surface area contributed by atoms with Crippen LogP contribution in [-0.4, -0.2) is 58.2 Å². The molecule has 7 heteroatoms. The van der Waals surface area contributed by atoms with Crippen molar-refractivity contribution < 1.29 is 19.4 Å². The molecule has 122 valence electrons. The molecule has 0 aromatic rings. The quantitative estimate of drug-likeness (QED) is 0.587. The second kappa shape index (κ2) is 7.45. The fourth-order valence-electron chi connectivity index (χ4n) is 2.05. The molecule has 0 radical (unpaired) electrons. The van der Waals surface area contributed by atoms with Gasteiger partial charge in [-0.25, -0.2) is 4.79 Å². The highest BCUT2D eigenvalue weighted by atomic mass is 79.9. The van der Waals surface area contributed by atoms with E-state index in [0.29, 0.717) is 19.6 Å². The van der Waals surface area contributed by atoms with Crippen molar-refractivity contribution in [2.24, 2.45) is 0 Å². The molecule has 1 saturated heterocycles. The van der Waals surface area contributed by atoms with Gasteiger partial charge in [-0.2, -0.15) is 0 Å². The zero-order valence-electron chi connectivity index (χ0n) is 12.9. The summed E-state index contributed by atoms with van der Waals surface area (Å²) < 4.78 is 5.28. The molecule has 0 aromatic heterocycles. The Kier molecular flexibility index (Phi) is 6.46. The van der Waals surface area contributed by atoms with Crippen molar-refractivity contribution in [3.05, 3.63) is 0 Å². The molecule has 0 aromatic carbocycles. The van der Waals surface area contributed by atoms with Crippen molar-refractivity contribution in [2.75, 3.05) is 25.0 Å². The maximum Gasteiger partial charge on any atom is 0.410 e. The molecular formula is C14H25BrN2O4. The van der Waals surface area contributed by atoms with Crippen molar-refractivity contribution in [3.63, 3.8) is 0 Å². The van der Waals surface area contributed by atoms with E-state index in [1.54, 1.807) is 0 Å². The van der Waals surface area contributed by atoms with Crippen molar-refractivity contribution >= 4 is 27.9 Å². The molecule has 21 heavy (non-hydrogen) atoms. The van der Waals surface area contributed by atoms with Gasteiger partial charge in [0.05, 0.1) is 0 Å². The number of aliphatic hydroxyl groups is 1. The smallest absolute Gasteiger partial charge is 0.410 e. The second-order valence-electron chi connectivity index (χ2n) is 6.30. The van der Waals surface area contributed by atoms with Crippen LogP contribution >= 0.6 is 15.9 Å². The van der Waals surface area contributed by atoms with Gasteiger partial charge in [-0.15, -0.1) is 0 Å².